The van der Waals surface area contributed by atoms with Crippen molar-refractivity contribution in [1.29, 1.82) is 0 Å². The van der Waals surface area contributed by atoms with Gasteiger partial charge in [0.15, 0.2) is 0 Å². The highest BCUT2D eigenvalue weighted by Gasteiger charge is 2.35. The maximum absolute atomic E-state index is 12.6. The Labute approximate surface area is 125 Å². The second-order valence-electron chi connectivity index (χ2n) is 5.45. The van der Waals surface area contributed by atoms with Gasteiger partial charge in [-0.05, 0) is 31.7 Å². The minimum absolute atomic E-state index is 0.214. The lowest BCUT2D eigenvalue weighted by molar-refractivity contribution is -0.155. The molecule has 1 aromatic rings. The van der Waals surface area contributed by atoms with Gasteiger partial charge < -0.3 is 15.4 Å². The van der Waals surface area contributed by atoms with Crippen molar-refractivity contribution in [3.8, 4) is 0 Å². The van der Waals surface area contributed by atoms with Crippen molar-refractivity contribution >= 4 is 11.9 Å². The standard InChI is InChI=1S/C16H22N2O3/c1-11-6-8-12(9-7-11)14(17)15(19)18-10-4-3-5-13(18)16(20)21-2/h6-9,13-14H,3-5,10,17H2,1-2H3. The summed E-state index contributed by atoms with van der Waals surface area (Å²) in [5.74, 6) is -0.576. The number of carbonyl (C=O) groups is 2. The molecular formula is C16H22N2O3. The Hall–Kier alpha value is -1.88. The topological polar surface area (TPSA) is 72.6 Å². The molecule has 0 aliphatic carbocycles. The van der Waals surface area contributed by atoms with Crippen LogP contribution in [0.15, 0.2) is 24.3 Å². The van der Waals surface area contributed by atoms with Crippen molar-refractivity contribution in [1.82, 2.24) is 4.90 Å². The van der Waals surface area contributed by atoms with Crippen LogP contribution in [-0.2, 0) is 14.3 Å². The number of piperidine rings is 1. The van der Waals surface area contributed by atoms with Crippen LogP contribution in [-0.4, -0.2) is 36.5 Å². The summed E-state index contributed by atoms with van der Waals surface area (Å²) in [6.07, 6.45) is 2.45. The number of likely N-dealkylation sites (tertiary alicyclic amines) is 1. The molecule has 1 fully saturated rings. The fraction of sp³-hybridized carbons (Fsp3) is 0.500. The molecule has 114 valence electrons. The minimum atomic E-state index is -0.740. The van der Waals surface area contributed by atoms with Crippen LogP contribution in [0.4, 0.5) is 0 Å². The summed E-state index contributed by atoms with van der Waals surface area (Å²) in [4.78, 5) is 26.0. The molecule has 5 nitrogen and oxygen atoms in total. The fourth-order valence-electron chi connectivity index (χ4n) is 2.67. The molecule has 2 unspecified atom stereocenters. The van der Waals surface area contributed by atoms with Gasteiger partial charge in [-0.25, -0.2) is 4.79 Å². The van der Waals surface area contributed by atoms with Gasteiger partial charge in [0.2, 0.25) is 5.91 Å². The van der Waals surface area contributed by atoms with Gasteiger partial charge in [0.25, 0.3) is 0 Å². The van der Waals surface area contributed by atoms with Crippen LogP contribution in [0.25, 0.3) is 0 Å². The second kappa shape index (κ2) is 6.72. The number of carbonyl (C=O) groups excluding carboxylic acids is 2. The zero-order chi connectivity index (χ0) is 15.4. The molecule has 0 aromatic heterocycles. The van der Waals surface area contributed by atoms with Crippen molar-refractivity contribution in [3.05, 3.63) is 35.4 Å². The first-order valence-corrected chi connectivity index (χ1v) is 7.25. The molecule has 1 saturated heterocycles. The number of hydrogen-bond acceptors (Lipinski definition) is 4. The Morgan fingerprint density at radius 1 is 1.29 bits per heavy atom. The molecule has 1 amide bonds. The van der Waals surface area contributed by atoms with Gasteiger partial charge >= 0.3 is 5.97 Å². The van der Waals surface area contributed by atoms with Crippen LogP contribution in [0, 0.1) is 6.92 Å². The van der Waals surface area contributed by atoms with Gasteiger partial charge in [-0.2, -0.15) is 0 Å². The first-order valence-electron chi connectivity index (χ1n) is 7.25. The van der Waals surface area contributed by atoms with E-state index in [1.807, 2.05) is 31.2 Å². The third-order valence-electron chi connectivity index (χ3n) is 3.96. The molecule has 1 aliphatic heterocycles. The number of aryl methyl sites for hydroxylation is 1. The first-order chi connectivity index (χ1) is 10.0. The third-order valence-corrected chi connectivity index (χ3v) is 3.96. The summed E-state index contributed by atoms with van der Waals surface area (Å²) in [7, 11) is 1.35. The van der Waals surface area contributed by atoms with Crippen molar-refractivity contribution in [2.75, 3.05) is 13.7 Å². The van der Waals surface area contributed by atoms with Crippen LogP contribution in [0.5, 0.6) is 0 Å². The smallest absolute Gasteiger partial charge is 0.328 e. The van der Waals surface area contributed by atoms with Crippen LogP contribution < -0.4 is 5.73 Å². The van der Waals surface area contributed by atoms with Gasteiger partial charge in [-0.15, -0.1) is 0 Å². The van der Waals surface area contributed by atoms with E-state index in [9.17, 15) is 9.59 Å². The predicted octanol–water partition coefficient (Wildman–Crippen LogP) is 1.55. The zero-order valence-electron chi connectivity index (χ0n) is 12.5. The Morgan fingerprint density at radius 2 is 1.95 bits per heavy atom. The number of rotatable bonds is 3. The Morgan fingerprint density at radius 3 is 2.57 bits per heavy atom. The van der Waals surface area contributed by atoms with Gasteiger partial charge in [0, 0.05) is 6.54 Å². The number of benzene rings is 1. The Kier molecular flexibility index (Phi) is 4.96. The van der Waals surface area contributed by atoms with Gasteiger partial charge in [0.1, 0.15) is 12.1 Å². The highest BCUT2D eigenvalue weighted by molar-refractivity contribution is 5.88. The van der Waals surface area contributed by atoms with Crippen LogP contribution in [0.1, 0.15) is 36.4 Å². The van der Waals surface area contributed by atoms with E-state index < -0.39 is 12.1 Å². The molecule has 1 aromatic carbocycles. The summed E-state index contributed by atoms with van der Waals surface area (Å²) in [5, 5.41) is 0. The molecule has 1 heterocycles. The van der Waals surface area contributed by atoms with Gasteiger partial charge in [-0.3, -0.25) is 4.79 Å². The number of methoxy groups -OCH3 is 1. The lowest BCUT2D eigenvalue weighted by Gasteiger charge is -2.35. The normalized spacial score (nSPS) is 20.0. The van der Waals surface area contributed by atoms with Crippen molar-refractivity contribution in [3.63, 3.8) is 0 Å². The summed E-state index contributed by atoms with van der Waals surface area (Å²) >= 11 is 0. The largest absolute Gasteiger partial charge is 0.467 e. The third kappa shape index (κ3) is 3.42. The van der Waals surface area contributed by atoms with E-state index in [1.165, 1.54) is 7.11 Å². The molecule has 21 heavy (non-hydrogen) atoms. The maximum atomic E-state index is 12.6. The van der Waals surface area contributed by atoms with E-state index in [1.54, 1.807) is 4.90 Å². The van der Waals surface area contributed by atoms with E-state index in [0.717, 1.165) is 24.0 Å². The molecule has 0 bridgehead atoms. The lowest BCUT2D eigenvalue weighted by Crippen LogP contribution is -2.51. The summed E-state index contributed by atoms with van der Waals surface area (Å²) < 4.78 is 4.80. The molecule has 2 atom stereocenters. The monoisotopic (exact) mass is 290 g/mol. The van der Waals surface area contributed by atoms with Crippen molar-refractivity contribution in [2.24, 2.45) is 5.73 Å². The van der Waals surface area contributed by atoms with E-state index in [-0.39, 0.29) is 11.9 Å². The van der Waals surface area contributed by atoms with Crippen molar-refractivity contribution in [2.45, 2.75) is 38.3 Å². The van der Waals surface area contributed by atoms with E-state index in [2.05, 4.69) is 0 Å². The maximum Gasteiger partial charge on any atom is 0.328 e. The fourth-order valence-corrected chi connectivity index (χ4v) is 2.67. The van der Waals surface area contributed by atoms with Crippen molar-refractivity contribution < 1.29 is 14.3 Å². The Bertz CT molecular complexity index is 513. The number of amides is 1. The molecule has 2 N–H and O–H groups in total. The quantitative estimate of drug-likeness (QED) is 0.857. The molecular weight excluding hydrogens is 268 g/mol. The molecule has 0 radical (unpaired) electrons. The number of esters is 1. The summed E-state index contributed by atoms with van der Waals surface area (Å²) in [6, 6.07) is 6.32. The van der Waals surface area contributed by atoms with E-state index >= 15 is 0 Å². The first kappa shape index (κ1) is 15.5. The SMILES string of the molecule is COC(=O)C1CCCCN1C(=O)C(N)c1ccc(C)cc1. The van der Waals surface area contributed by atoms with E-state index in [4.69, 9.17) is 10.5 Å². The number of nitrogens with zero attached hydrogens (tertiary/aromatic N) is 1. The highest BCUT2D eigenvalue weighted by atomic mass is 16.5. The van der Waals surface area contributed by atoms with Gasteiger partial charge in [0.05, 0.1) is 7.11 Å². The number of hydrogen-bond donors (Lipinski definition) is 1. The van der Waals surface area contributed by atoms with Crippen LogP contribution in [0.3, 0.4) is 0 Å². The molecule has 1 aliphatic rings. The molecule has 2 rings (SSSR count). The number of nitrogens with two attached hydrogens (primary N) is 1. The highest BCUT2D eigenvalue weighted by Crippen LogP contribution is 2.22. The van der Waals surface area contributed by atoms with E-state index in [0.29, 0.717) is 13.0 Å². The molecule has 0 spiro atoms. The lowest BCUT2D eigenvalue weighted by atomic mass is 9.98. The average molecular weight is 290 g/mol. The summed E-state index contributed by atoms with van der Waals surface area (Å²) in [6.45, 7) is 2.53. The zero-order valence-corrected chi connectivity index (χ0v) is 12.5. The number of ether oxygens (including phenoxy) is 1. The molecule has 5 heteroatoms. The molecule has 0 saturated carbocycles. The minimum Gasteiger partial charge on any atom is -0.467 e. The van der Waals surface area contributed by atoms with Crippen LogP contribution >= 0.6 is 0 Å². The summed E-state index contributed by atoms with van der Waals surface area (Å²) in [5.41, 5.74) is 7.96. The predicted molar refractivity (Wildman–Crippen MR) is 79.5 cm³/mol. The second-order valence-corrected chi connectivity index (χ2v) is 5.45. The van der Waals surface area contributed by atoms with Crippen LogP contribution in [0.2, 0.25) is 0 Å². The average Bonchev–Trinajstić information content (AvgIpc) is 2.53. The van der Waals surface area contributed by atoms with Gasteiger partial charge in [-0.1, -0.05) is 29.8 Å². The Balaban J connectivity index is 2.16.